The molecule has 4 nitrogen and oxygen atoms in total. The van der Waals surface area contributed by atoms with Crippen molar-refractivity contribution in [3.8, 4) is 0 Å². The van der Waals surface area contributed by atoms with E-state index in [2.05, 4.69) is 4.18 Å². The first-order chi connectivity index (χ1) is 10.1. The van der Waals surface area contributed by atoms with Crippen molar-refractivity contribution in [1.29, 1.82) is 0 Å². The Labute approximate surface area is 128 Å². The molecule has 0 bridgehead atoms. The predicted molar refractivity (Wildman–Crippen MR) is 84.8 cm³/mol. The second kappa shape index (κ2) is 5.71. The largest absolute Gasteiger partial charge is 0.339 e. The summed E-state index contributed by atoms with van der Waals surface area (Å²) in [6.07, 6.45) is 0. The highest BCUT2D eigenvalue weighted by Gasteiger charge is 2.24. The summed E-state index contributed by atoms with van der Waals surface area (Å²) in [5.74, 6) is -0.0448. The van der Waals surface area contributed by atoms with Gasteiger partial charge in [-0.25, -0.2) is 0 Å². The molecule has 0 fully saturated rings. The number of anilines is 2. The molecule has 110 valence electrons. The first-order valence-corrected chi connectivity index (χ1v) is 8.92. The van der Waals surface area contributed by atoms with Crippen molar-refractivity contribution in [3.05, 3.63) is 48.5 Å². The highest BCUT2D eigenvalue weighted by Crippen LogP contribution is 2.47. The van der Waals surface area contributed by atoms with Gasteiger partial charge in [-0.3, -0.25) is 4.18 Å². The van der Waals surface area contributed by atoms with Crippen molar-refractivity contribution < 1.29 is 12.6 Å². The number of para-hydroxylation sites is 2. The Morgan fingerprint density at radius 3 is 2.05 bits per heavy atom. The van der Waals surface area contributed by atoms with Gasteiger partial charge in [-0.1, -0.05) is 36.0 Å². The van der Waals surface area contributed by atoms with Crippen LogP contribution in [0.5, 0.6) is 0 Å². The Morgan fingerprint density at radius 1 is 1.00 bits per heavy atom. The molecule has 2 aromatic carbocycles. The molecule has 0 aromatic heterocycles. The predicted octanol–water partition coefficient (Wildman–Crippen LogP) is 3.27. The van der Waals surface area contributed by atoms with Gasteiger partial charge in [-0.05, 0) is 24.3 Å². The minimum Gasteiger partial charge on any atom is -0.339 e. The lowest BCUT2D eigenvalue weighted by atomic mass is 10.2. The Balaban J connectivity index is 1.99. The zero-order chi connectivity index (χ0) is 14.9. The quantitative estimate of drug-likeness (QED) is 0.809. The van der Waals surface area contributed by atoms with Crippen LogP contribution in [-0.2, 0) is 14.3 Å². The van der Waals surface area contributed by atoms with Crippen LogP contribution >= 0.6 is 11.8 Å². The number of hydrogen-bond acceptors (Lipinski definition) is 5. The van der Waals surface area contributed by atoms with E-state index in [1.807, 2.05) is 53.4 Å². The molecule has 0 unspecified atom stereocenters. The van der Waals surface area contributed by atoms with E-state index in [0.29, 0.717) is 6.54 Å². The molecular formula is C15H15NO3S2. The second-order valence-corrected chi connectivity index (χ2v) is 7.56. The van der Waals surface area contributed by atoms with Gasteiger partial charge in [-0.15, -0.1) is 0 Å². The Morgan fingerprint density at radius 2 is 1.52 bits per heavy atom. The van der Waals surface area contributed by atoms with E-state index in [4.69, 9.17) is 0 Å². The van der Waals surface area contributed by atoms with Crippen LogP contribution < -0.4 is 4.90 Å². The van der Waals surface area contributed by atoms with E-state index in [0.717, 1.165) is 21.2 Å². The summed E-state index contributed by atoms with van der Waals surface area (Å²) in [7, 11) is -2.27. The SMILES string of the molecule is COS(=O)(=O)CCN1c2ccccc2Sc2ccccc21. The third-order valence-corrected chi connectivity index (χ3v) is 5.67. The fourth-order valence-corrected chi connectivity index (χ4v) is 3.98. The van der Waals surface area contributed by atoms with Gasteiger partial charge in [0.25, 0.3) is 10.1 Å². The average Bonchev–Trinajstić information content (AvgIpc) is 2.51. The van der Waals surface area contributed by atoms with Gasteiger partial charge in [0.05, 0.1) is 24.2 Å². The minimum atomic E-state index is -3.47. The molecule has 0 atom stereocenters. The van der Waals surface area contributed by atoms with Gasteiger partial charge in [0, 0.05) is 16.3 Å². The molecule has 1 aliphatic rings. The molecule has 21 heavy (non-hydrogen) atoms. The lowest BCUT2D eigenvalue weighted by Crippen LogP contribution is -2.27. The van der Waals surface area contributed by atoms with Crippen LogP contribution in [0.15, 0.2) is 58.3 Å². The van der Waals surface area contributed by atoms with Crippen LogP contribution in [0.2, 0.25) is 0 Å². The van der Waals surface area contributed by atoms with Crippen molar-refractivity contribution >= 4 is 33.3 Å². The second-order valence-electron chi connectivity index (χ2n) is 4.62. The van der Waals surface area contributed by atoms with Crippen LogP contribution in [0, 0.1) is 0 Å². The van der Waals surface area contributed by atoms with Crippen LogP contribution in [-0.4, -0.2) is 27.8 Å². The van der Waals surface area contributed by atoms with Gasteiger partial charge in [0.15, 0.2) is 0 Å². The summed E-state index contributed by atoms with van der Waals surface area (Å²) >= 11 is 1.70. The van der Waals surface area contributed by atoms with Crippen molar-refractivity contribution in [3.63, 3.8) is 0 Å². The smallest absolute Gasteiger partial charge is 0.268 e. The summed E-state index contributed by atoms with van der Waals surface area (Å²) in [4.78, 5) is 4.30. The topological polar surface area (TPSA) is 46.6 Å². The lowest BCUT2D eigenvalue weighted by Gasteiger charge is -2.32. The van der Waals surface area contributed by atoms with Crippen molar-refractivity contribution in [2.24, 2.45) is 0 Å². The maximum atomic E-state index is 11.6. The third kappa shape index (κ3) is 2.92. The number of nitrogens with zero attached hydrogens (tertiary/aromatic N) is 1. The molecule has 0 aliphatic carbocycles. The highest BCUT2D eigenvalue weighted by atomic mass is 32.2. The lowest BCUT2D eigenvalue weighted by molar-refractivity contribution is 0.398. The highest BCUT2D eigenvalue weighted by molar-refractivity contribution is 7.99. The van der Waals surface area contributed by atoms with Crippen molar-refractivity contribution in [2.45, 2.75) is 9.79 Å². The van der Waals surface area contributed by atoms with Gasteiger partial charge in [0.1, 0.15) is 0 Å². The van der Waals surface area contributed by atoms with E-state index in [9.17, 15) is 8.42 Å². The van der Waals surface area contributed by atoms with Gasteiger partial charge < -0.3 is 4.90 Å². The van der Waals surface area contributed by atoms with Gasteiger partial charge in [-0.2, -0.15) is 8.42 Å². The molecule has 6 heteroatoms. The molecule has 0 radical (unpaired) electrons. The molecule has 1 heterocycles. The molecule has 3 rings (SSSR count). The number of benzene rings is 2. The summed E-state index contributed by atoms with van der Waals surface area (Å²) in [5.41, 5.74) is 2.07. The first-order valence-electron chi connectivity index (χ1n) is 6.52. The molecule has 0 spiro atoms. The normalized spacial score (nSPS) is 13.7. The molecule has 0 amide bonds. The average molecular weight is 321 g/mol. The van der Waals surface area contributed by atoms with Crippen LogP contribution in [0.3, 0.4) is 0 Å². The molecule has 1 aliphatic heterocycles. The zero-order valence-electron chi connectivity index (χ0n) is 11.5. The standard InChI is InChI=1S/C15H15NO3S2/c1-19-21(17,18)11-10-16-12-6-2-4-8-14(12)20-15-9-5-3-7-13(15)16/h2-9H,10-11H2,1H3. The van der Waals surface area contributed by atoms with E-state index >= 15 is 0 Å². The third-order valence-electron chi connectivity index (χ3n) is 3.35. The molecular weight excluding hydrogens is 306 g/mol. The Kier molecular flexibility index (Phi) is 3.93. The number of hydrogen-bond donors (Lipinski definition) is 0. The molecule has 0 saturated carbocycles. The first kappa shape index (κ1) is 14.4. The maximum absolute atomic E-state index is 11.6. The fraction of sp³-hybridized carbons (Fsp3) is 0.200. The summed E-state index contributed by atoms with van der Waals surface area (Å²) in [6, 6.07) is 16.0. The van der Waals surface area contributed by atoms with E-state index < -0.39 is 10.1 Å². The Bertz CT molecular complexity index is 714. The van der Waals surface area contributed by atoms with Crippen LogP contribution in [0.1, 0.15) is 0 Å². The summed E-state index contributed by atoms with van der Waals surface area (Å²) in [6.45, 7) is 0.366. The van der Waals surface area contributed by atoms with Gasteiger partial charge >= 0.3 is 0 Å². The van der Waals surface area contributed by atoms with Crippen molar-refractivity contribution in [2.75, 3.05) is 24.3 Å². The number of fused-ring (bicyclic) bond motifs is 2. The summed E-state index contributed by atoms with van der Waals surface area (Å²) in [5, 5.41) is 0. The summed E-state index contributed by atoms with van der Waals surface area (Å²) < 4.78 is 27.8. The number of rotatable bonds is 4. The molecule has 0 saturated heterocycles. The Hall–Kier alpha value is -1.50. The van der Waals surface area contributed by atoms with Gasteiger partial charge in [0.2, 0.25) is 0 Å². The van der Waals surface area contributed by atoms with E-state index in [1.54, 1.807) is 11.8 Å². The van der Waals surface area contributed by atoms with Crippen LogP contribution in [0.4, 0.5) is 11.4 Å². The molecule has 0 N–H and O–H groups in total. The fourth-order valence-electron chi connectivity index (χ4n) is 2.31. The minimum absolute atomic E-state index is 0.0448. The van der Waals surface area contributed by atoms with E-state index in [-0.39, 0.29) is 5.75 Å². The maximum Gasteiger partial charge on any atom is 0.268 e. The molecule has 2 aromatic rings. The monoisotopic (exact) mass is 321 g/mol. The zero-order valence-corrected chi connectivity index (χ0v) is 13.2. The van der Waals surface area contributed by atoms with Crippen LogP contribution in [0.25, 0.3) is 0 Å². The van der Waals surface area contributed by atoms with E-state index in [1.165, 1.54) is 7.11 Å². The van der Waals surface area contributed by atoms with Crippen molar-refractivity contribution in [1.82, 2.24) is 0 Å².